The predicted molar refractivity (Wildman–Crippen MR) is 76.0 cm³/mol. The van der Waals surface area contributed by atoms with E-state index in [4.69, 9.17) is 14.2 Å². The van der Waals surface area contributed by atoms with Gasteiger partial charge in [0.2, 0.25) is 6.10 Å². The van der Waals surface area contributed by atoms with E-state index in [0.29, 0.717) is 25.5 Å². The van der Waals surface area contributed by atoms with Crippen molar-refractivity contribution in [3.05, 3.63) is 24.3 Å². The smallest absolute Gasteiger partial charge is 0.349 e. The van der Waals surface area contributed by atoms with E-state index >= 15 is 0 Å². The van der Waals surface area contributed by atoms with Crippen molar-refractivity contribution in [1.82, 2.24) is 0 Å². The summed E-state index contributed by atoms with van der Waals surface area (Å²) in [5, 5.41) is 3.15. The summed E-state index contributed by atoms with van der Waals surface area (Å²) in [7, 11) is 0. The minimum Gasteiger partial charge on any atom is -0.475 e. The lowest BCUT2D eigenvalue weighted by Gasteiger charge is -2.25. The van der Waals surface area contributed by atoms with Crippen molar-refractivity contribution in [1.29, 1.82) is 0 Å². The number of hydrogen-bond donors (Lipinski definition) is 1. The van der Waals surface area contributed by atoms with Gasteiger partial charge >= 0.3 is 5.97 Å². The molecule has 1 aromatic rings. The van der Waals surface area contributed by atoms with Gasteiger partial charge in [-0.2, -0.15) is 0 Å². The molecule has 0 radical (unpaired) electrons. The van der Waals surface area contributed by atoms with Gasteiger partial charge in [0.15, 0.2) is 0 Å². The second kappa shape index (κ2) is 7.75. The molecule has 1 aliphatic rings. The van der Waals surface area contributed by atoms with Crippen LogP contribution in [0, 0.1) is 0 Å². The molecule has 0 amide bonds. The molecule has 110 valence electrons. The Kier molecular flexibility index (Phi) is 5.68. The van der Waals surface area contributed by atoms with Crippen molar-refractivity contribution in [2.45, 2.75) is 25.9 Å². The monoisotopic (exact) mass is 279 g/mol. The SMILES string of the molecule is CCCCOCCOC(=O)C1CNc2ccccc2O1. The first kappa shape index (κ1) is 14.7. The number of anilines is 1. The number of benzene rings is 1. The zero-order chi connectivity index (χ0) is 14.2. The molecule has 0 saturated heterocycles. The summed E-state index contributed by atoms with van der Waals surface area (Å²) in [5.74, 6) is 0.325. The van der Waals surface area contributed by atoms with Gasteiger partial charge < -0.3 is 19.5 Å². The fourth-order valence-electron chi connectivity index (χ4n) is 1.89. The Morgan fingerprint density at radius 2 is 2.20 bits per heavy atom. The highest BCUT2D eigenvalue weighted by molar-refractivity contribution is 5.77. The largest absolute Gasteiger partial charge is 0.475 e. The van der Waals surface area contributed by atoms with Crippen molar-refractivity contribution in [2.75, 3.05) is 31.7 Å². The average Bonchev–Trinajstić information content (AvgIpc) is 2.50. The second-order valence-electron chi connectivity index (χ2n) is 4.62. The number of ether oxygens (including phenoxy) is 3. The van der Waals surface area contributed by atoms with Crippen molar-refractivity contribution in [2.24, 2.45) is 0 Å². The number of fused-ring (bicyclic) bond motifs is 1. The molecule has 0 spiro atoms. The molecule has 1 atom stereocenters. The maximum Gasteiger partial charge on any atom is 0.349 e. The Morgan fingerprint density at radius 1 is 1.35 bits per heavy atom. The summed E-state index contributed by atoms with van der Waals surface area (Å²) < 4.78 is 16.1. The summed E-state index contributed by atoms with van der Waals surface area (Å²) in [6.45, 7) is 3.94. The Hall–Kier alpha value is -1.75. The van der Waals surface area contributed by atoms with E-state index in [0.717, 1.165) is 18.5 Å². The molecule has 0 fully saturated rings. The number of carbonyl (C=O) groups is 1. The first-order valence-corrected chi connectivity index (χ1v) is 7.05. The molecule has 1 unspecified atom stereocenters. The molecule has 1 N–H and O–H groups in total. The van der Waals surface area contributed by atoms with Gasteiger partial charge in [0.25, 0.3) is 0 Å². The zero-order valence-electron chi connectivity index (χ0n) is 11.8. The Bertz CT molecular complexity index is 436. The maximum absolute atomic E-state index is 11.9. The van der Waals surface area contributed by atoms with Crippen LogP contribution in [0.2, 0.25) is 0 Å². The van der Waals surface area contributed by atoms with E-state index in [1.54, 1.807) is 0 Å². The van der Waals surface area contributed by atoms with Gasteiger partial charge in [-0.15, -0.1) is 0 Å². The van der Waals surface area contributed by atoms with Crippen LogP contribution in [0.25, 0.3) is 0 Å². The van der Waals surface area contributed by atoms with Gasteiger partial charge in [-0.1, -0.05) is 25.5 Å². The molecular formula is C15H21NO4. The van der Waals surface area contributed by atoms with E-state index in [9.17, 15) is 4.79 Å². The minimum absolute atomic E-state index is 0.268. The molecule has 0 aliphatic carbocycles. The minimum atomic E-state index is -0.597. The highest BCUT2D eigenvalue weighted by Crippen LogP contribution is 2.28. The van der Waals surface area contributed by atoms with Crippen LogP contribution in [0.5, 0.6) is 5.75 Å². The standard InChI is InChI=1S/C15H21NO4/c1-2-3-8-18-9-10-19-15(17)14-11-16-12-6-4-5-7-13(12)20-14/h4-7,14,16H,2-3,8-11H2,1H3. The molecule has 20 heavy (non-hydrogen) atoms. The Labute approximate surface area is 119 Å². The van der Waals surface area contributed by atoms with Crippen LogP contribution in [0.1, 0.15) is 19.8 Å². The van der Waals surface area contributed by atoms with Crippen molar-refractivity contribution in [3.8, 4) is 5.75 Å². The number of esters is 1. The number of rotatable bonds is 7. The normalized spacial score (nSPS) is 16.8. The molecule has 1 aliphatic heterocycles. The number of para-hydroxylation sites is 2. The van der Waals surface area contributed by atoms with Gasteiger partial charge in [-0.25, -0.2) is 4.79 Å². The lowest BCUT2D eigenvalue weighted by molar-refractivity contribution is -0.153. The molecule has 0 aromatic heterocycles. The maximum atomic E-state index is 11.9. The third-order valence-corrected chi connectivity index (χ3v) is 3.01. The van der Waals surface area contributed by atoms with E-state index in [1.165, 1.54) is 0 Å². The highest BCUT2D eigenvalue weighted by atomic mass is 16.6. The molecule has 0 saturated carbocycles. The van der Waals surface area contributed by atoms with E-state index in [1.807, 2.05) is 24.3 Å². The van der Waals surface area contributed by atoms with Crippen LogP contribution in [-0.2, 0) is 14.3 Å². The van der Waals surface area contributed by atoms with Crippen LogP contribution in [0.3, 0.4) is 0 Å². The Morgan fingerprint density at radius 3 is 3.05 bits per heavy atom. The molecule has 5 heteroatoms. The average molecular weight is 279 g/mol. The number of carbonyl (C=O) groups excluding carboxylic acids is 1. The third-order valence-electron chi connectivity index (χ3n) is 3.01. The molecule has 0 bridgehead atoms. The molecule has 1 heterocycles. The second-order valence-corrected chi connectivity index (χ2v) is 4.62. The lowest BCUT2D eigenvalue weighted by atomic mass is 10.2. The summed E-state index contributed by atoms with van der Waals surface area (Å²) >= 11 is 0. The fourth-order valence-corrected chi connectivity index (χ4v) is 1.89. The van der Waals surface area contributed by atoms with Gasteiger partial charge in [-0.05, 0) is 18.6 Å². The van der Waals surface area contributed by atoms with Crippen LogP contribution in [0.4, 0.5) is 5.69 Å². The highest BCUT2D eigenvalue weighted by Gasteiger charge is 2.26. The molecule has 1 aromatic carbocycles. The van der Waals surface area contributed by atoms with Gasteiger partial charge in [0.1, 0.15) is 12.4 Å². The van der Waals surface area contributed by atoms with Crippen molar-refractivity contribution in [3.63, 3.8) is 0 Å². The topological polar surface area (TPSA) is 56.8 Å². The summed E-state index contributed by atoms with van der Waals surface area (Å²) in [6.07, 6.45) is 1.53. The van der Waals surface area contributed by atoms with Crippen molar-refractivity contribution < 1.29 is 19.0 Å². The third kappa shape index (κ3) is 4.13. The first-order valence-electron chi connectivity index (χ1n) is 7.05. The van der Waals surface area contributed by atoms with Crippen molar-refractivity contribution >= 4 is 11.7 Å². The first-order chi connectivity index (χ1) is 9.81. The lowest BCUT2D eigenvalue weighted by Crippen LogP contribution is -2.39. The summed E-state index contributed by atoms with van der Waals surface area (Å²) in [5.41, 5.74) is 0.902. The van der Waals surface area contributed by atoms with Gasteiger partial charge in [0, 0.05) is 6.61 Å². The fraction of sp³-hybridized carbons (Fsp3) is 0.533. The van der Waals surface area contributed by atoms with E-state index in [-0.39, 0.29) is 12.6 Å². The van der Waals surface area contributed by atoms with E-state index < -0.39 is 6.10 Å². The quantitative estimate of drug-likeness (QED) is 0.612. The molecular weight excluding hydrogens is 258 g/mol. The predicted octanol–water partition coefficient (Wildman–Crippen LogP) is 2.22. The zero-order valence-corrected chi connectivity index (χ0v) is 11.8. The van der Waals surface area contributed by atoms with Gasteiger partial charge in [-0.3, -0.25) is 0 Å². The Balaban J connectivity index is 1.69. The summed E-state index contributed by atoms with van der Waals surface area (Å²) in [6, 6.07) is 7.53. The number of hydrogen-bond acceptors (Lipinski definition) is 5. The van der Waals surface area contributed by atoms with Crippen LogP contribution < -0.4 is 10.1 Å². The number of unbranched alkanes of at least 4 members (excludes halogenated alkanes) is 1. The number of nitrogens with one attached hydrogen (secondary N) is 1. The van der Waals surface area contributed by atoms with Gasteiger partial charge in [0.05, 0.1) is 18.8 Å². The van der Waals surface area contributed by atoms with E-state index in [2.05, 4.69) is 12.2 Å². The summed E-state index contributed by atoms with van der Waals surface area (Å²) in [4.78, 5) is 11.9. The van der Waals surface area contributed by atoms with Crippen LogP contribution in [-0.4, -0.2) is 38.4 Å². The van der Waals surface area contributed by atoms with Crippen LogP contribution in [0.15, 0.2) is 24.3 Å². The van der Waals surface area contributed by atoms with Crippen LogP contribution >= 0.6 is 0 Å². The molecule has 2 rings (SSSR count). The molecule has 5 nitrogen and oxygen atoms in total.